The normalized spacial score (nSPS) is 15.8. The smallest absolute Gasteiger partial charge is 0.243 e. The Balaban J connectivity index is 1.33. The standard InChI is InChI=1S/C32H39N5O2S/c1-5-6-12-26-15-17-27(18-16-26)40(38,39)37-21-19-36(20-22-37)25(4)31-33-29-14-8-7-13-28(29)32(35-31)34-30-23(2)10-9-11-24(30)3/h7-11,13-18,25H,5-6,12,19-22H2,1-4H3,(H,33,34,35). The summed E-state index contributed by atoms with van der Waals surface area (Å²) in [6.45, 7) is 10.6. The molecule has 3 aromatic carbocycles. The van der Waals surface area contributed by atoms with Gasteiger partial charge >= 0.3 is 0 Å². The van der Waals surface area contributed by atoms with Crippen LogP contribution in [0.5, 0.6) is 0 Å². The molecule has 1 aromatic heterocycles. The zero-order valence-corrected chi connectivity index (χ0v) is 24.7. The van der Waals surface area contributed by atoms with E-state index >= 15 is 0 Å². The van der Waals surface area contributed by atoms with E-state index in [1.807, 2.05) is 36.4 Å². The second kappa shape index (κ2) is 12.0. The number of benzene rings is 3. The number of unbranched alkanes of at least 4 members (excludes halogenated alkanes) is 1. The fourth-order valence-electron chi connectivity index (χ4n) is 5.36. The van der Waals surface area contributed by atoms with Gasteiger partial charge in [-0.05, 0) is 74.6 Å². The molecule has 1 atom stereocenters. The molecule has 1 aliphatic rings. The summed E-state index contributed by atoms with van der Waals surface area (Å²) in [5.74, 6) is 1.51. The van der Waals surface area contributed by atoms with Gasteiger partial charge in [-0.2, -0.15) is 4.31 Å². The number of rotatable bonds is 9. The van der Waals surface area contributed by atoms with Crippen LogP contribution in [0.4, 0.5) is 11.5 Å². The van der Waals surface area contributed by atoms with Gasteiger partial charge in [-0.3, -0.25) is 4.90 Å². The van der Waals surface area contributed by atoms with E-state index in [9.17, 15) is 8.42 Å². The molecule has 0 saturated carbocycles. The maximum absolute atomic E-state index is 13.4. The Morgan fingerprint density at radius 3 is 2.23 bits per heavy atom. The number of hydrogen-bond acceptors (Lipinski definition) is 6. The molecule has 1 saturated heterocycles. The Labute approximate surface area is 238 Å². The number of hydrogen-bond donors (Lipinski definition) is 1. The highest BCUT2D eigenvalue weighted by Crippen LogP contribution is 2.30. The molecular weight excluding hydrogens is 518 g/mol. The summed E-state index contributed by atoms with van der Waals surface area (Å²) < 4.78 is 28.3. The number of aromatic nitrogens is 2. The van der Waals surface area contributed by atoms with Gasteiger partial charge in [-0.1, -0.05) is 55.8 Å². The molecule has 40 heavy (non-hydrogen) atoms. The lowest BCUT2D eigenvalue weighted by atomic mass is 10.1. The summed E-state index contributed by atoms with van der Waals surface area (Å²) in [7, 11) is -3.53. The highest BCUT2D eigenvalue weighted by atomic mass is 32.2. The van der Waals surface area contributed by atoms with Gasteiger partial charge in [0, 0.05) is 37.3 Å². The summed E-state index contributed by atoms with van der Waals surface area (Å²) in [4.78, 5) is 12.6. The Bertz CT molecular complexity index is 1560. The zero-order chi connectivity index (χ0) is 28.3. The van der Waals surface area contributed by atoms with Gasteiger partial charge in [0.2, 0.25) is 10.0 Å². The van der Waals surface area contributed by atoms with Crippen LogP contribution in [0, 0.1) is 13.8 Å². The van der Waals surface area contributed by atoms with E-state index in [2.05, 4.69) is 56.1 Å². The molecule has 210 valence electrons. The second-order valence-electron chi connectivity index (χ2n) is 10.7. The number of nitrogens with zero attached hydrogens (tertiary/aromatic N) is 4. The summed E-state index contributed by atoms with van der Waals surface area (Å²) in [5.41, 5.74) is 5.44. The highest BCUT2D eigenvalue weighted by molar-refractivity contribution is 7.89. The fraction of sp³-hybridized carbons (Fsp3) is 0.375. The lowest BCUT2D eigenvalue weighted by molar-refractivity contribution is 0.141. The number of aryl methyl sites for hydroxylation is 3. The van der Waals surface area contributed by atoms with Gasteiger partial charge < -0.3 is 5.32 Å². The molecular formula is C32H39N5O2S. The first-order valence-electron chi connectivity index (χ1n) is 14.2. The van der Waals surface area contributed by atoms with Crippen LogP contribution < -0.4 is 5.32 Å². The van der Waals surface area contributed by atoms with Crippen LogP contribution in [0.1, 0.15) is 55.2 Å². The quantitative estimate of drug-likeness (QED) is 0.257. The van der Waals surface area contributed by atoms with Gasteiger partial charge in [-0.25, -0.2) is 18.4 Å². The molecule has 0 radical (unpaired) electrons. The van der Waals surface area contributed by atoms with Crippen molar-refractivity contribution in [2.45, 2.75) is 57.9 Å². The monoisotopic (exact) mass is 557 g/mol. The first kappa shape index (κ1) is 28.2. The molecule has 0 aliphatic carbocycles. The Morgan fingerprint density at radius 2 is 1.55 bits per heavy atom. The van der Waals surface area contributed by atoms with Crippen LogP contribution in [0.3, 0.4) is 0 Å². The second-order valence-corrected chi connectivity index (χ2v) is 12.6. The number of para-hydroxylation sites is 2. The SMILES string of the molecule is CCCCc1ccc(S(=O)(=O)N2CCN(C(C)c3nc(Nc4c(C)cccc4C)c4ccccc4n3)CC2)cc1. The maximum Gasteiger partial charge on any atom is 0.243 e. The average Bonchev–Trinajstić information content (AvgIpc) is 2.97. The van der Waals surface area contributed by atoms with Gasteiger partial charge in [0.1, 0.15) is 11.6 Å². The molecule has 2 heterocycles. The van der Waals surface area contributed by atoms with Gasteiger partial charge in [0.15, 0.2) is 0 Å². The molecule has 1 N–H and O–H groups in total. The van der Waals surface area contributed by atoms with Crippen LogP contribution >= 0.6 is 0 Å². The highest BCUT2D eigenvalue weighted by Gasteiger charge is 2.31. The van der Waals surface area contributed by atoms with E-state index in [1.54, 1.807) is 16.4 Å². The number of piperazine rings is 1. The molecule has 0 spiro atoms. The number of fused-ring (bicyclic) bond motifs is 1. The van der Waals surface area contributed by atoms with Crippen molar-refractivity contribution in [2.24, 2.45) is 0 Å². The molecule has 7 nitrogen and oxygen atoms in total. The third-order valence-electron chi connectivity index (χ3n) is 7.92. The molecule has 5 rings (SSSR count). The molecule has 8 heteroatoms. The number of sulfonamides is 1. The zero-order valence-electron chi connectivity index (χ0n) is 23.9. The van der Waals surface area contributed by atoms with Gasteiger partial charge in [-0.15, -0.1) is 0 Å². The minimum atomic E-state index is -3.53. The summed E-state index contributed by atoms with van der Waals surface area (Å²) in [6.07, 6.45) is 3.21. The third kappa shape index (κ3) is 5.89. The summed E-state index contributed by atoms with van der Waals surface area (Å²) in [5, 5.41) is 4.55. The Hall–Kier alpha value is -3.33. The van der Waals surface area contributed by atoms with Crippen LogP contribution in [0.25, 0.3) is 10.9 Å². The van der Waals surface area contributed by atoms with E-state index in [-0.39, 0.29) is 6.04 Å². The lowest BCUT2D eigenvalue weighted by Crippen LogP contribution is -2.49. The van der Waals surface area contributed by atoms with Crippen molar-refractivity contribution >= 4 is 32.4 Å². The van der Waals surface area contributed by atoms with Crippen LogP contribution in [-0.2, 0) is 16.4 Å². The summed E-state index contributed by atoms with van der Waals surface area (Å²) >= 11 is 0. The molecule has 0 amide bonds. The van der Waals surface area contributed by atoms with Crippen LogP contribution in [0.2, 0.25) is 0 Å². The van der Waals surface area contributed by atoms with Crippen molar-refractivity contribution in [3.8, 4) is 0 Å². The van der Waals surface area contributed by atoms with Crippen molar-refractivity contribution < 1.29 is 8.42 Å². The van der Waals surface area contributed by atoms with Crippen molar-refractivity contribution in [1.29, 1.82) is 0 Å². The molecule has 0 bridgehead atoms. The molecule has 1 unspecified atom stereocenters. The largest absolute Gasteiger partial charge is 0.339 e. The van der Waals surface area contributed by atoms with E-state index < -0.39 is 10.0 Å². The third-order valence-corrected chi connectivity index (χ3v) is 9.83. The van der Waals surface area contributed by atoms with E-state index in [4.69, 9.17) is 9.97 Å². The predicted molar refractivity (Wildman–Crippen MR) is 163 cm³/mol. The minimum absolute atomic E-state index is 0.0640. The van der Waals surface area contributed by atoms with Gasteiger partial charge in [0.25, 0.3) is 0 Å². The predicted octanol–water partition coefficient (Wildman–Crippen LogP) is 6.40. The molecule has 1 fully saturated rings. The number of anilines is 2. The topological polar surface area (TPSA) is 78.4 Å². The van der Waals surface area contributed by atoms with Crippen molar-refractivity contribution in [3.63, 3.8) is 0 Å². The fourth-order valence-corrected chi connectivity index (χ4v) is 6.78. The van der Waals surface area contributed by atoms with Crippen LogP contribution in [0.15, 0.2) is 71.6 Å². The van der Waals surface area contributed by atoms with Crippen LogP contribution in [-0.4, -0.2) is 53.8 Å². The Kier molecular flexibility index (Phi) is 8.49. The number of nitrogens with one attached hydrogen (secondary N) is 1. The summed E-state index contributed by atoms with van der Waals surface area (Å²) in [6, 6.07) is 21.6. The maximum atomic E-state index is 13.4. The molecule has 4 aromatic rings. The van der Waals surface area contributed by atoms with E-state index in [1.165, 1.54) is 5.56 Å². The first-order chi connectivity index (χ1) is 19.3. The first-order valence-corrected chi connectivity index (χ1v) is 15.6. The lowest BCUT2D eigenvalue weighted by Gasteiger charge is -2.37. The minimum Gasteiger partial charge on any atom is -0.339 e. The Morgan fingerprint density at radius 1 is 0.875 bits per heavy atom. The average molecular weight is 558 g/mol. The van der Waals surface area contributed by atoms with E-state index in [0.717, 1.165) is 58.6 Å². The molecule has 1 aliphatic heterocycles. The van der Waals surface area contributed by atoms with Crippen molar-refractivity contribution in [3.05, 3.63) is 89.2 Å². The van der Waals surface area contributed by atoms with Crippen molar-refractivity contribution in [1.82, 2.24) is 19.2 Å². The van der Waals surface area contributed by atoms with Crippen molar-refractivity contribution in [2.75, 3.05) is 31.5 Å². The van der Waals surface area contributed by atoms with E-state index in [0.29, 0.717) is 31.1 Å². The van der Waals surface area contributed by atoms with Gasteiger partial charge in [0.05, 0.1) is 16.5 Å².